The summed E-state index contributed by atoms with van der Waals surface area (Å²) in [7, 11) is 2.00. The van der Waals surface area contributed by atoms with Gasteiger partial charge in [-0.15, -0.1) is 0 Å². The first-order valence-corrected chi connectivity index (χ1v) is 7.02. The van der Waals surface area contributed by atoms with E-state index in [1.165, 1.54) is 0 Å². The van der Waals surface area contributed by atoms with Gasteiger partial charge in [-0.2, -0.15) is 13.2 Å². The fraction of sp³-hybridized carbons (Fsp3) is 0.667. The molecule has 1 aliphatic rings. The number of hydrogen-bond donors (Lipinski definition) is 0. The van der Waals surface area contributed by atoms with Crippen molar-refractivity contribution in [3.8, 4) is 0 Å². The van der Waals surface area contributed by atoms with Crippen molar-refractivity contribution in [2.24, 2.45) is 23.7 Å². The van der Waals surface area contributed by atoms with Crippen molar-refractivity contribution in [2.45, 2.75) is 26.4 Å². The lowest BCUT2D eigenvalue weighted by atomic mass is 9.68. The smallest absolute Gasteiger partial charge is 0.413 e. The van der Waals surface area contributed by atoms with Crippen LogP contribution in [-0.4, -0.2) is 38.1 Å². The molecule has 8 heteroatoms. The van der Waals surface area contributed by atoms with Crippen molar-refractivity contribution in [3.05, 3.63) is 11.6 Å². The summed E-state index contributed by atoms with van der Waals surface area (Å²) < 4.78 is 48.7. The highest BCUT2D eigenvalue weighted by Crippen LogP contribution is 2.44. The third-order valence-corrected chi connectivity index (χ3v) is 3.78. The van der Waals surface area contributed by atoms with Crippen LogP contribution in [-0.2, 0) is 23.9 Å². The van der Waals surface area contributed by atoms with Gasteiger partial charge in [-0.05, 0) is 24.3 Å². The first-order valence-electron chi connectivity index (χ1n) is 7.02. The number of ether oxygens (including phenoxy) is 2. The average Bonchev–Trinajstić information content (AvgIpc) is 2.43. The van der Waals surface area contributed by atoms with Crippen LogP contribution in [0.25, 0.3) is 0 Å². The molecule has 0 aliphatic heterocycles. The molecule has 5 nitrogen and oxygen atoms in total. The Kier molecular flexibility index (Phi) is 5.96. The Labute approximate surface area is 131 Å². The molecule has 0 heterocycles. The van der Waals surface area contributed by atoms with Crippen LogP contribution in [0.1, 0.15) is 20.3 Å². The second-order valence-corrected chi connectivity index (χ2v) is 5.79. The number of carbonyl (C=O) groups excluding carboxylic acids is 3. The molecule has 3 atom stereocenters. The number of alkyl halides is 3. The average molecular weight is 336 g/mol. The van der Waals surface area contributed by atoms with Gasteiger partial charge < -0.3 is 9.47 Å². The zero-order chi connectivity index (χ0) is 17.9. The van der Waals surface area contributed by atoms with Gasteiger partial charge >= 0.3 is 18.1 Å². The van der Waals surface area contributed by atoms with E-state index in [0.29, 0.717) is 6.08 Å². The highest BCUT2D eigenvalue weighted by Gasteiger charge is 2.54. The van der Waals surface area contributed by atoms with Crippen LogP contribution in [0.2, 0.25) is 0 Å². The molecule has 1 rings (SSSR count). The minimum Gasteiger partial charge on any atom is -0.469 e. The van der Waals surface area contributed by atoms with Crippen molar-refractivity contribution in [1.82, 2.24) is 0 Å². The summed E-state index contributed by atoms with van der Waals surface area (Å²) in [5.41, 5.74) is -1.28. The van der Waals surface area contributed by atoms with Crippen LogP contribution in [0.3, 0.4) is 0 Å². The molecule has 0 N–H and O–H groups in total. The number of halogens is 3. The van der Waals surface area contributed by atoms with Gasteiger partial charge in [0.2, 0.25) is 0 Å². The zero-order valence-electron chi connectivity index (χ0n) is 13.3. The molecule has 0 aromatic rings. The van der Waals surface area contributed by atoms with Gasteiger partial charge in [-0.25, -0.2) is 0 Å². The lowest BCUT2D eigenvalue weighted by molar-refractivity contribution is -0.161. The Hall–Kier alpha value is -1.86. The lowest BCUT2D eigenvalue weighted by Crippen LogP contribution is -2.46. The summed E-state index contributed by atoms with van der Waals surface area (Å²) in [5.74, 6) is -7.56. The summed E-state index contributed by atoms with van der Waals surface area (Å²) in [6.07, 6.45) is -4.48. The maximum Gasteiger partial charge on any atom is 0.413 e. The topological polar surface area (TPSA) is 69.7 Å². The van der Waals surface area contributed by atoms with Crippen LogP contribution < -0.4 is 0 Å². The molecule has 0 saturated carbocycles. The number of ketones is 1. The minimum absolute atomic E-state index is 0.0681. The Morgan fingerprint density at radius 1 is 1.13 bits per heavy atom. The molecule has 0 spiro atoms. The Morgan fingerprint density at radius 2 is 1.61 bits per heavy atom. The largest absolute Gasteiger partial charge is 0.469 e. The molecule has 0 saturated heterocycles. The quantitative estimate of drug-likeness (QED) is 0.582. The summed E-state index contributed by atoms with van der Waals surface area (Å²) in [6, 6.07) is 0. The fourth-order valence-electron chi connectivity index (χ4n) is 2.89. The number of esters is 2. The Bertz CT molecular complexity index is 522. The van der Waals surface area contributed by atoms with Gasteiger partial charge in [-0.1, -0.05) is 13.8 Å². The van der Waals surface area contributed by atoms with Crippen LogP contribution in [0.4, 0.5) is 13.2 Å². The van der Waals surface area contributed by atoms with Gasteiger partial charge in [0.25, 0.3) is 0 Å². The van der Waals surface area contributed by atoms with Crippen LogP contribution in [0.5, 0.6) is 0 Å². The van der Waals surface area contributed by atoms with Crippen LogP contribution >= 0.6 is 0 Å². The maximum atomic E-state index is 13.2. The van der Waals surface area contributed by atoms with E-state index in [-0.39, 0.29) is 12.3 Å². The molecule has 0 aromatic heterocycles. The van der Waals surface area contributed by atoms with E-state index in [2.05, 4.69) is 9.47 Å². The zero-order valence-corrected chi connectivity index (χ0v) is 13.3. The van der Waals surface area contributed by atoms with E-state index < -0.39 is 47.2 Å². The molecule has 3 unspecified atom stereocenters. The third-order valence-electron chi connectivity index (χ3n) is 3.78. The van der Waals surface area contributed by atoms with E-state index in [1.54, 1.807) is 13.8 Å². The van der Waals surface area contributed by atoms with Crippen LogP contribution in [0.15, 0.2) is 11.6 Å². The highest BCUT2D eigenvalue weighted by molar-refractivity contribution is 6.07. The maximum absolute atomic E-state index is 13.2. The van der Waals surface area contributed by atoms with Crippen molar-refractivity contribution in [3.63, 3.8) is 0 Å². The third kappa shape index (κ3) is 4.11. The summed E-state index contributed by atoms with van der Waals surface area (Å²) in [4.78, 5) is 35.9. The standard InChI is InChI=1S/C15H19F3O5/c1-7(2)5-8-11(13(20)22-3)9(15(16,17)18)6-10(19)12(8)14(21)23-4/h6-8,11-12H,5H2,1-4H3. The van der Waals surface area contributed by atoms with Gasteiger partial charge in [0, 0.05) is 0 Å². The molecule has 0 fully saturated rings. The monoisotopic (exact) mass is 336 g/mol. The first-order chi connectivity index (χ1) is 10.5. The van der Waals surface area contributed by atoms with E-state index in [9.17, 15) is 27.6 Å². The summed E-state index contributed by atoms with van der Waals surface area (Å²) in [5, 5.41) is 0. The number of hydrogen-bond acceptors (Lipinski definition) is 5. The predicted octanol–water partition coefficient (Wildman–Crippen LogP) is 2.30. The first kappa shape index (κ1) is 19.2. The molecule has 0 bridgehead atoms. The Balaban J connectivity index is 3.49. The molecule has 0 aromatic carbocycles. The number of rotatable bonds is 4. The lowest BCUT2D eigenvalue weighted by Gasteiger charge is -2.36. The van der Waals surface area contributed by atoms with Crippen molar-refractivity contribution >= 4 is 17.7 Å². The molecule has 0 radical (unpaired) electrons. The second kappa shape index (κ2) is 7.14. The van der Waals surface area contributed by atoms with Gasteiger partial charge in [0.15, 0.2) is 5.78 Å². The van der Waals surface area contributed by atoms with E-state index in [0.717, 1.165) is 14.2 Å². The minimum atomic E-state index is -4.87. The number of methoxy groups -OCH3 is 2. The SMILES string of the molecule is COC(=O)C1C(=O)C=C(C(F)(F)F)C(C(=O)OC)C1CC(C)C. The van der Waals surface area contributed by atoms with Crippen LogP contribution in [0, 0.1) is 23.7 Å². The van der Waals surface area contributed by atoms with Crippen molar-refractivity contribution in [1.29, 1.82) is 0 Å². The van der Waals surface area contributed by atoms with Gasteiger partial charge in [-0.3, -0.25) is 14.4 Å². The van der Waals surface area contributed by atoms with Crippen molar-refractivity contribution in [2.75, 3.05) is 14.2 Å². The molecule has 0 amide bonds. The van der Waals surface area contributed by atoms with E-state index in [1.807, 2.05) is 0 Å². The Morgan fingerprint density at radius 3 is 2.00 bits per heavy atom. The van der Waals surface area contributed by atoms with E-state index >= 15 is 0 Å². The molecule has 130 valence electrons. The van der Waals surface area contributed by atoms with E-state index in [4.69, 9.17) is 0 Å². The fourth-order valence-corrected chi connectivity index (χ4v) is 2.89. The molecular weight excluding hydrogens is 317 g/mol. The number of allylic oxidation sites excluding steroid dienone is 1. The molecular formula is C15H19F3O5. The summed E-state index contributed by atoms with van der Waals surface area (Å²) >= 11 is 0. The molecule has 1 aliphatic carbocycles. The number of carbonyl (C=O) groups is 3. The van der Waals surface area contributed by atoms with Gasteiger partial charge in [0.05, 0.1) is 25.7 Å². The normalized spacial score (nSPS) is 25.1. The highest BCUT2D eigenvalue weighted by atomic mass is 19.4. The molecule has 23 heavy (non-hydrogen) atoms. The predicted molar refractivity (Wildman–Crippen MR) is 73.1 cm³/mol. The van der Waals surface area contributed by atoms with Gasteiger partial charge in [0.1, 0.15) is 5.92 Å². The van der Waals surface area contributed by atoms with Crippen molar-refractivity contribution < 1.29 is 37.0 Å². The second-order valence-electron chi connectivity index (χ2n) is 5.79. The summed E-state index contributed by atoms with van der Waals surface area (Å²) in [6.45, 7) is 3.44.